The molecule has 0 bridgehead atoms. The van der Waals surface area contributed by atoms with Crippen molar-refractivity contribution < 1.29 is 14.4 Å². The zero-order chi connectivity index (χ0) is 15.9. The highest BCUT2D eigenvalue weighted by atomic mass is 32.1. The summed E-state index contributed by atoms with van der Waals surface area (Å²) in [6.07, 6.45) is 5.82. The SMILES string of the molecule is O=C(/C=C/c1ccc(-c2cccs2)cc1)NOC1CCCCO1. The number of hydroxylamine groups is 1. The molecule has 3 rings (SSSR count). The number of thiophene rings is 1. The first kappa shape index (κ1) is 15.9. The van der Waals surface area contributed by atoms with E-state index in [2.05, 4.69) is 29.1 Å². The number of amides is 1. The maximum absolute atomic E-state index is 11.7. The van der Waals surface area contributed by atoms with Gasteiger partial charge in [0.1, 0.15) is 0 Å². The lowest BCUT2D eigenvalue weighted by Gasteiger charge is -2.21. The zero-order valence-corrected chi connectivity index (χ0v) is 13.6. The second-order valence-corrected chi connectivity index (χ2v) is 6.26. The third kappa shape index (κ3) is 4.76. The third-order valence-electron chi connectivity index (χ3n) is 3.57. The molecule has 5 heteroatoms. The first-order valence-corrected chi connectivity index (χ1v) is 8.58. The summed E-state index contributed by atoms with van der Waals surface area (Å²) in [4.78, 5) is 18.2. The number of carbonyl (C=O) groups is 1. The summed E-state index contributed by atoms with van der Waals surface area (Å²) >= 11 is 1.71. The van der Waals surface area contributed by atoms with E-state index in [0.717, 1.165) is 24.8 Å². The Bertz CT molecular complexity index is 643. The molecule has 1 N–H and O–H groups in total. The van der Waals surface area contributed by atoms with Crippen LogP contribution in [0.25, 0.3) is 16.5 Å². The molecule has 0 aliphatic carbocycles. The third-order valence-corrected chi connectivity index (χ3v) is 4.49. The van der Waals surface area contributed by atoms with E-state index in [1.807, 2.05) is 18.2 Å². The molecule has 120 valence electrons. The Labute approximate surface area is 139 Å². The van der Waals surface area contributed by atoms with Crippen LogP contribution in [0.2, 0.25) is 0 Å². The molecule has 1 saturated heterocycles. The quantitative estimate of drug-likeness (QED) is 0.666. The van der Waals surface area contributed by atoms with Crippen LogP contribution in [0, 0.1) is 0 Å². The Morgan fingerprint density at radius 2 is 2.13 bits per heavy atom. The van der Waals surface area contributed by atoms with Crippen molar-refractivity contribution in [2.24, 2.45) is 0 Å². The molecule has 2 heterocycles. The molecule has 1 aromatic carbocycles. The molecule has 0 spiro atoms. The lowest BCUT2D eigenvalue weighted by molar-refractivity contribution is -0.198. The summed E-state index contributed by atoms with van der Waals surface area (Å²) in [5.74, 6) is -0.290. The summed E-state index contributed by atoms with van der Waals surface area (Å²) in [5.41, 5.74) is 4.55. The fourth-order valence-corrected chi connectivity index (χ4v) is 3.07. The monoisotopic (exact) mass is 329 g/mol. The van der Waals surface area contributed by atoms with Gasteiger partial charge < -0.3 is 4.74 Å². The van der Waals surface area contributed by atoms with E-state index in [0.29, 0.717) is 6.61 Å². The van der Waals surface area contributed by atoms with Crippen LogP contribution in [0.3, 0.4) is 0 Å². The van der Waals surface area contributed by atoms with Gasteiger partial charge in [0.15, 0.2) is 6.29 Å². The van der Waals surface area contributed by atoms with Crippen LogP contribution < -0.4 is 5.48 Å². The summed E-state index contributed by atoms with van der Waals surface area (Å²) in [7, 11) is 0. The van der Waals surface area contributed by atoms with Gasteiger partial charge in [0.25, 0.3) is 5.91 Å². The van der Waals surface area contributed by atoms with Gasteiger partial charge in [-0.15, -0.1) is 11.3 Å². The van der Waals surface area contributed by atoms with Crippen molar-refractivity contribution in [2.75, 3.05) is 6.61 Å². The van der Waals surface area contributed by atoms with Crippen molar-refractivity contribution in [3.63, 3.8) is 0 Å². The molecule has 1 atom stereocenters. The number of rotatable bonds is 5. The molecule has 1 amide bonds. The predicted octanol–water partition coefficient (Wildman–Crippen LogP) is 4.00. The summed E-state index contributed by atoms with van der Waals surface area (Å²) in [5, 5.41) is 2.06. The first-order valence-electron chi connectivity index (χ1n) is 7.70. The van der Waals surface area contributed by atoms with Crippen LogP contribution in [-0.4, -0.2) is 18.8 Å². The van der Waals surface area contributed by atoms with Gasteiger partial charge in [0, 0.05) is 24.0 Å². The van der Waals surface area contributed by atoms with Crippen LogP contribution in [0.4, 0.5) is 0 Å². The van der Waals surface area contributed by atoms with Gasteiger partial charge in [-0.3, -0.25) is 4.79 Å². The fraction of sp³-hybridized carbons (Fsp3) is 0.278. The van der Waals surface area contributed by atoms with E-state index in [1.54, 1.807) is 17.4 Å². The minimum atomic E-state index is -0.328. The molecule has 1 unspecified atom stereocenters. The second kappa shape index (κ2) is 8.06. The Morgan fingerprint density at radius 3 is 2.83 bits per heavy atom. The van der Waals surface area contributed by atoms with Gasteiger partial charge >= 0.3 is 0 Å². The van der Waals surface area contributed by atoms with Crippen LogP contribution in [0.15, 0.2) is 47.9 Å². The lowest BCUT2D eigenvalue weighted by Crippen LogP contribution is -2.32. The van der Waals surface area contributed by atoms with E-state index in [4.69, 9.17) is 9.57 Å². The maximum atomic E-state index is 11.7. The number of carbonyl (C=O) groups excluding carboxylic acids is 1. The largest absolute Gasteiger partial charge is 0.350 e. The first-order chi connectivity index (χ1) is 11.3. The van der Waals surface area contributed by atoms with Crippen LogP contribution in [-0.2, 0) is 14.4 Å². The smallest absolute Gasteiger partial charge is 0.267 e. The molecule has 1 fully saturated rings. The van der Waals surface area contributed by atoms with Gasteiger partial charge in [-0.05, 0) is 41.5 Å². The van der Waals surface area contributed by atoms with Crippen molar-refractivity contribution in [1.82, 2.24) is 5.48 Å². The average Bonchev–Trinajstić information content (AvgIpc) is 3.14. The van der Waals surface area contributed by atoms with Crippen LogP contribution in [0.5, 0.6) is 0 Å². The molecule has 0 radical (unpaired) electrons. The highest BCUT2D eigenvalue weighted by Gasteiger charge is 2.14. The van der Waals surface area contributed by atoms with E-state index in [-0.39, 0.29) is 12.2 Å². The number of ether oxygens (including phenoxy) is 1. The molecule has 1 aliphatic heterocycles. The van der Waals surface area contributed by atoms with E-state index < -0.39 is 0 Å². The Kier molecular flexibility index (Phi) is 5.58. The summed E-state index contributed by atoms with van der Waals surface area (Å²) in [6.45, 7) is 0.687. The maximum Gasteiger partial charge on any atom is 0.267 e. The molecule has 0 saturated carbocycles. The van der Waals surface area contributed by atoms with Crippen LogP contribution in [0.1, 0.15) is 24.8 Å². The van der Waals surface area contributed by atoms with Gasteiger partial charge in [-0.2, -0.15) is 0 Å². The number of hydrogen-bond donors (Lipinski definition) is 1. The number of nitrogens with one attached hydrogen (secondary N) is 1. The normalized spacial score (nSPS) is 18.2. The lowest BCUT2D eigenvalue weighted by atomic mass is 10.1. The van der Waals surface area contributed by atoms with Gasteiger partial charge in [0.05, 0.1) is 0 Å². The minimum absolute atomic E-state index is 0.290. The van der Waals surface area contributed by atoms with Gasteiger partial charge in [-0.1, -0.05) is 30.3 Å². The van der Waals surface area contributed by atoms with Crippen LogP contribution >= 0.6 is 11.3 Å². The number of hydrogen-bond acceptors (Lipinski definition) is 4. The molecule has 1 aliphatic rings. The predicted molar refractivity (Wildman–Crippen MR) is 91.6 cm³/mol. The molecule has 1 aromatic heterocycles. The van der Waals surface area contributed by atoms with Gasteiger partial charge in [0.2, 0.25) is 0 Å². The van der Waals surface area contributed by atoms with Gasteiger partial charge in [-0.25, -0.2) is 10.3 Å². The summed E-state index contributed by atoms with van der Waals surface area (Å²) in [6, 6.07) is 12.2. The van der Waals surface area contributed by atoms with Crippen molar-refractivity contribution in [2.45, 2.75) is 25.6 Å². The standard InChI is InChI=1S/C18H19NO3S/c20-17(19-22-18-5-1-2-12-21-18)11-8-14-6-9-15(10-7-14)16-4-3-13-23-16/h3-4,6-11,13,18H,1-2,5,12H2,(H,19,20)/b11-8+. The van der Waals surface area contributed by atoms with Crippen molar-refractivity contribution in [3.05, 3.63) is 53.4 Å². The zero-order valence-electron chi connectivity index (χ0n) is 12.7. The van der Waals surface area contributed by atoms with Crippen molar-refractivity contribution in [1.29, 1.82) is 0 Å². The Balaban J connectivity index is 1.49. The molecule has 4 nitrogen and oxygen atoms in total. The Hall–Kier alpha value is -1.95. The summed E-state index contributed by atoms with van der Waals surface area (Å²) < 4.78 is 5.38. The minimum Gasteiger partial charge on any atom is -0.350 e. The average molecular weight is 329 g/mol. The molecular weight excluding hydrogens is 310 g/mol. The fourth-order valence-electron chi connectivity index (χ4n) is 2.34. The van der Waals surface area contributed by atoms with Crippen molar-refractivity contribution in [3.8, 4) is 10.4 Å². The molecular formula is C18H19NO3S. The number of benzene rings is 1. The van der Waals surface area contributed by atoms with Crippen molar-refractivity contribution >= 4 is 23.3 Å². The second-order valence-electron chi connectivity index (χ2n) is 5.31. The topological polar surface area (TPSA) is 47.6 Å². The van der Waals surface area contributed by atoms with E-state index >= 15 is 0 Å². The highest BCUT2D eigenvalue weighted by molar-refractivity contribution is 7.13. The highest BCUT2D eigenvalue weighted by Crippen LogP contribution is 2.24. The molecule has 23 heavy (non-hydrogen) atoms. The Morgan fingerprint density at radius 1 is 1.26 bits per heavy atom. The van der Waals surface area contributed by atoms with E-state index in [1.165, 1.54) is 16.5 Å². The van der Waals surface area contributed by atoms with E-state index in [9.17, 15) is 4.79 Å². The molecule has 2 aromatic rings.